The quantitative estimate of drug-likeness (QED) is 0.704. The van der Waals surface area contributed by atoms with E-state index < -0.39 is 15.7 Å². The SMILES string of the molecule is Cc1nn(Cc2ccc(Cl)cc2)c(Cl)c1C=CC(=O)NCCS(C)(=O)=O. The molecule has 1 heterocycles. The van der Waals surface area contributed by atoms with Gasteiger partial charge >= 0.3 is 0 Å². The fraction of sp³-hybridized carbons (Fsp3) is 0.294. The minimum atomic E-state index is -3.11. The van der Waals surface area contributed by atoms with Gasteiger partial charge in [-0.15, -0.1) is 0 Å². The van der Waals surface area contributed by atoms with Crippen molar-refractivity contribution < 1.29 is 13.2 Å². The standard InChI is InChI=1S/C17H19Cl2N3O3S/c1-12-15(7-8-16(23)20-9-10-26(2,24)25)17(19)22(21-12)11-13-3-5-14(18)6-4-13/h3-8H,9-11H2,1-2H3,(H,20,23). The number of nitrogens with zero attached hydrogens (tertiary/aromatic N) is 2. The fourth-order valence-corrected chi connectivity index (χ4v) is 3.10. The topological polar surface area (TPSA) is 81.1 Å². The molecule has 0 bridgehead atoms. The molecule has 1 aromatic heterocycles. The lowest BCUT2D eigenvalue weighted by molar-refractivity contribution is -0.116. The molecule has 2 aromatic rings. The van der Waals surface area contributed by atoms with E-state index >= 15 is 0 Å². The summed E-state index contributed by atoms with van der Waals surface area (Å²) in [4.78, 5) is 11.8. The van der Waals surface area contributed by atoms with Crippen molar-refractivity contribution in [3.8, 4) is 0 Å². The van der Waals surface area contributed by atoms with E-state index in [1.165, 1.54) is 6.08 Å². The molecule has 0 radical (unpaired) electrons. The zero-order chi connectivity index (χ0) is 19.3. The second kappa shape index (κ2) is 8.70. The van der Waals surface area contributed by atoms with Crippen LogP contribution in [0.4, 0.5) is 0 Å². The van der Waals surface area contributed by atoms with E-state index in [9.17, 15) is 13.2 Å². The Morgan fingerprint density at radius 2 is 1.92 bits per heavy atom. The Kier molecular flexibility index (Phi) is 6.86. The van der Waals surface area contributed by atoms with Crippen LogP contribution >= 0.6 is 23.2 Å². The number of sulfone groups is 1. The van der Waals surface area contributed by atoms with Gasteiger partial charge in [0.2, 0.25) is 5.91 Å². The van der Waals surface area contributed by atoms with E-state index in [1.54, 1.807) is 29.8 Å². The third kappa shape index (κ3) is 6.16. The van der Waals surface area contributed by atoms with Gasteiger partial charge in [-0.3, -0.25) is 4.79 Å². The van der Waals surface area contributed by atoms with Gasteiger partial charge in [-0.1, -0.05) is 35.3 Å². The van der Waals surface area contributed by atoms with Gasteiger partial charge in [-0.05, 0) is 30.7 Å². The zero-order valence-electron chi connectivity index (χ0n) is 14.4. The Bertz CT molecular complexity index is 919. The lowest BCUT2D eigenvalue weighted by Crippen LogP contribution is -2.27. The molecule has 26 heavy (non-hydrogen) atoms. The van der Waals surface area contributed by atoms with Gasteiger partial charge in [0.05, 0.1) is 18.0 Å². The highest BCUT2D eigenvalue weighted by Crippen LogP contribution is 2.22. The number of carbonyl (C=O) groups excluding carboxylic acids is 1. The highest BCUT2D eigenvalue weighted by atomic mass is 35.5. The Labute approximate surface area is 162 Å². The summed E-state index contributed by atoms with van der Waals surface area (Å²) in [6.07, 6.45) is 4.00. The number of carbonyl (C=O) groups is 1. The summed E-state index contributed by atoms with van der Waals surface area (Å²) in [6.45, 7) is 2.33. The molecule has 140 valence electrons. The molecular formula is C17H19Cl2N3O3S. The molecule has 0 saturated heterocycles. The number of benzene rings is 1. The van der Waals surface area contributed by atoms with Crippen LogP contribution in [0.2, 0.25) is 10.2 Å². The van der Waals surface area contributed by atoms with Crippen LogP contribution in [-0.4, -0.2) is 42.7 Å². The van der Waals surface area contributed by atoms with E-state index in [4.69, 9.17) is 23.2 Å². The number of amides is 1. The number of hydrogen-bond donors (Lipinski definition) is 1. The summed E-state index contributed by atoms with van der Waals surface area (Å²) in [7, 11) is -3.11. The van der Waals surface area contributed by atoms with Crippen molar-refractivity contribution in [2.75, 3.05) is 18.6 Å². The molecule has 1 amide bonds. The number of rotatable bonds is 7. The Balaban J connectivity index is 2.04. The summed E-state index contributed by atoms with van der Waals surface area (Å²) < 4.78 is 23.7. The number of aryl methyl sites for hydroxylation is 1. The molecule has 1 N–H and O–H groups in total. The van der Waals surface area contributed by atoms with Gasteiger partial charge in [-0.25, -0.2) is 13.1 Å². The molecule has 0 aliphatic rings. The van der Waals surface area contributed by atoms with E-state index in [2.05, 4.69) is 10.4 Å². The van der Waals surface area contributed by atoms with E-state index in [0.29, 0.717) is 28.0 Å². The number of hydrogen-bond acceptors (Lipinski definition) is 4. The Morgan fingerprint density at radius 3 is 2.54 bits per heavy atom. The number of nitrogens with one attached hydrogen (secondary N) is 1. The average molecular weight is 416 g/mol. The van der Waals surface area contributed by atoms with Crippen LogP contribution in [-0.2, 0) is 21.2 Å². The van der Waals surface area contributed by atoms with Gasteiger partial charge in [0.25, 0.3) is 0 Å². The second-order valence-electron chi connectivity index (χ2n) is 5.83. The van der Waals surface area contributed by atoms with Crippen LogP contribution in [0.5, 0.6) is 0 Å². The maximum absolute atomic E-state index is 11.8. The molecule has 0 aliphatic heterocycles. The van der Waals surface area contributed by atoms with E-state index in [0.717, 1.165) is 11.8 Å². The molecular weight excluding hydrogens is 397 g/mol. The van der Waals surface area contributed by atoms with Crippen molar-refractivity contribution in [1.29, 1.82) is 0 Å². The van der Waals surface area contributed by atoms with Crippen molar-refractivity contribution in [3.63, 3.8) is 0 Å². The third-order valence-electron chi connectivity index (χ3n) is 3.53. The number of aromatic nitrogens is 2. The second-order valence-corrected chi connectivity index (χ2v) is 8.88. The van der Waals surface area contributed by atoms with Crippen LogP contribution in [0.1, 0.15) is 16.8 Å². The van der Waals surface area contributed by atoms with Crippen LogP contribution in [0.25, 0.3) is 6.08 Å². The first kappa shape index (κ1) is 20.5. The first-order valence-corrected chi connectivity index (χ1v) is 10.6. The molecule has 6 nitrogen and oxygen atoms in total. The summed E-state index contributed by atoms with van der Waals surface area (Å²) in [5.74, 6) is -0.500. The molecule has 9 heteroatoms. The van der Waals surface area contributed by atoms with E-state index in [-0.39, 0.29) is 12.3 Å². The smallest absolute Gasteiger partial charge is 0.244 e. The first-order valence-electron chi connectivity index (χ1n) is 7.76. The van der Waals surface area contributed by atoms with Gasteiger partial charge in [0.15, 0.2) is 0 Å². The minimum absolute atomic E-state index is 0.0601. The van der Waals surface area contributed by atoms with Crippen molar-refractivity contribution >= 4 is 45.0 Å². The zero-order valence-corrected chi connectivity index (χ0v) is 16.7. The highest BCUT2D eigenvalue weighted by Gasteiger charge is 2.12. The fourth-order valence-electron chi connectivity index (χ4n) is 2.20. The molecule has 0 fully saturated rings. The van der Waals surface area contributed by atoms with Crippen LogP contribution in [0.15, 0.2) is 30.3 Å². The molecule has 2 rings (SSSR count). The molecule has 0 spiro atoms. The molecule has 0 unspecified atom stereocenters. The monoisotopic (exact) mass is 415 g/mol. The maximum atomic E-state index is 11.8. The largest absolute Gasteiger partial charge is 0.352 e. The predicted octanol–water partition coefficient (Wildman–Crippen LogP) is 2.72. The summed E-state index contributed by atoms with van der Waals surface area (Å²) in [5, 5.41) is 7.97. The minimum Gasteiger partial charge on any atom is -0.352 e. The Morgan fingerprint density at radius 1 is 1.27 bits per heavy atom. The first-order chi connectivity index (χ1) is 12.2. The van der Waals surface area contributed by atoms with Gasteiger partial charge in [-0.2, -0.15) is 5.10 Å². The highest BCUT2D eigenvalue weighted by molar-refractivity contribution is 7.90. The van der Waals surface area contributed by atoms with Crippen molar-refractivity contribution in [3.05, 3.63) is 57.3 Å². The molecule has 0 aliphatic carbocycles. The average Bonchev–Trinajstić information content (AvgIpc) is 2.80. The van der Waals surface area contributed by atoms with Crippen LogP contribution < -0.4 is 5.32 Å². The lowest BCUT2D eigenvalue weighted by atomic mass is 10.2. The van der Waals surface area contributed by atoms with E-state index in [1.807, 2.05) is 12.1 Å². The van der Waals surface area contributed by atoms with Crippen LogP contribution in [0, 0.1) is 6.92 Å². The molecule has 1 aromatic carbocycles. The summed E-state index contributed by atoms with van der Waals surface area (Å²) >= 11 is 12.2. The van der Waals surface area contributed by atoms with Crippen molar-refractivity contribution in [1.82, 2.24) is 15.1 Å². The summed E-state index contributed by atoms with van der Waals surface area (Å²) in [6, 6.07) is 7.37. The number of halogens is 2. The lowest BCUT2D eigenvalue weighted by Gasteiger charge is -2.04. The third-order valence-corrected chi connectivity index (χ3v) is 5.12. The van der Waals surface area contributed by atoms with Gasteiger partial charge < -0.3 is 5.32 Å². The van der Waals surface area contributed by atoms with Gasteiger partial charge in [0, 0.05) is 29.5 Å². The van der Waals surface area contributed by atoms with Crippen molar-refractivity contribution in [2.45, 2.75) is 13.5 Å². The Hall–Kier alpha value is -1.83. The molecule has 0 saturated carbocycles. The maximum Gasteiger partial charge on any atom is 0.244 e. The predicted molar refractivity (Wildman–Crippen MR) is 104 cm³/mol. The summed E-state index contributed by atoms with van der Waals surface area (Å²) in [5.41, 5.74) is 2.32. The van der Waals surface area contributed by atoms with Crippen molar-refractivity contribution in [2.24, 2.45) is 0 Å². The normalized spacial score (nSPS) is 11.8. The van der Waals surface area contributed by atoms with Crippen LogP contribution in [0.3, 0.4) is 0 Å². The molecule has 0 atom stereocenters. The van der Waals surface area contributed by atoms with Gasteiger partial charge in [0.1, 0.15) is 15.0 Å².